The Balaban J connectivity index is 1.79. The van der Waals surface area contributed by atoms with Gasteiger partial charge in [-0.1, -0.05) is 0 Å². The predicted molar refractivity (Wildman–Crippen MR) is 106 cm³/mol. The van der Waals surface area contributed by atoms with Crippen molar-refractivity contribution in [1.29, 1.82) is 0 Å². The standard InChI is InChI=1S/C22H27N3O/c1-4-26-18-5-6-20-19(15-18)22-16(2)24(3)13-10-21(22)25(20)14-9-17-7-11-23-12-8-17/h5-8,11-12,15-16H,4,9-10,13-14H2,1-3H3. The van der Waals surface area contributed by atoms with E-state index in [0.717, 1.165) is 31.7 Å². The van der Waals surface area contributed by atoms with Gasteiger partial charge in [-0.25, -0.2) is 0 Å². The van der Waals surface area contributed by atoms with Gasteiger partial charge in [-0.2, -0.15) is 0 Å². The summed E-state index contributed by atoms with van der Waals surface area (Å²) in [6.45, 7) is 7.16. The minimum absolute atomic E-state index is 0.431. The number of likely N-dealkylation sites (N-methyl/N-ethyl adjacent to an activating group) is 1. The molecule has 4 nitrogen and oxygen atoms in total. The molecule has 1 aromatic carbocycles. The summed E-state index contributed by atoms with van der Waals surface area (Å²) in [6, 6.07) is 11.2. The van der Waals surface area contributed by atoms with Crippen LogP contribution in [0.3, 0.4) is 0 Å². The molecule has 0 bridgehead atoms. The highest BCUT2D eigenvalue weighted by atomic mass is 16.5. The molecule has 136 valence electrons. The molecule has 2 aromatic heterocycles. The molecule has 1 aliphatic rings. The molecule has 4 rings (SSSR count). The highest BCUT2D eigenvalue weighted by Crippen LogP contribution is 2.38. The van der Waals surface area contributed by atoms with Crippen LogP contribution in [0.15, 0.2) is 42.7 Å². The molecular formula is C22H27N3O. The van der Waals surface area contributed by atoms with Crippen LogP contribution >= 0.6 is 0 Å². The highest BCUT2D eigenvalue weighted by molar-refractivity contribution is 5.87. The van der Waals surface area contributed by atoms with Crippen LogP contribution in [0.1, 0.15) is 36.7 Å². The average molecular weight is 349 g/mol. The molecule has 1 unspecified atom stereocenters. The van der Waals surface area contributed by atoms with Crippen LogP contribution in [0.2, 0.25) is 0 Å². The summed E-state index contributed by atoms with van der Waals surface area (Å²) in [6.07, 6.45) is 5.88. The van der Waals surface area contributed by atoms with Gasteiger partial charge < -0.3 is 9.30 Å². The van der Waals surface area contributed by atoms with Crippen LogP contribution in [0, 0.1) is 0 Å². The molecule has 3 heterocycles. The van der Waals surface area contributed by atoms with Crippen molar-refractivity contribution < 1.29 is 4.74 Å². The number of hydrogen-bond donors (Lipinski definition) is 0. The lowest BCUT2D eigenvalue weighted by Gasteiger charge is -2.31. The first-order valence-corrected chi connectivity index (χ1v) is 9.56. The molecule has 0 N–H and O–H groups in total. The van der Waals surface area contributed by atoms with Crippen molar-refractivity contribution in [3.8, 4) is 5.75 Å². The molecule has 0 aliphatic carbocycles. The summed E-state index contributed by atoms with van der Waals surface area (Å²) >= 11 is 0. The second-order valence-corrected chi connectivity index (χ2v) is 7.14. The SMILES string of the molecule is CCOc1ccc2c(c1)c1c(n2CCc2ccncc2)CCN(C)C1C. The fraction of sp³-hybridized carbons (Fsp3) is 0.409. The number of fused-ring (bicyclic) bond motifs is 3. The van der Waals surface area contributed by atoms with E-state index in [-0.39, 0.29) is 0 Å². The van der Waals surface area contributed by atoms with Crippen LogP contribution in [0.5, 0.6) is 5.75 Å². The van der Waals surface area contributed by atoms with Crippen LogP contribution < -0.4 is 4.74 Å². The zero-order valence-electron chi connectivity index (χ0n) is 15.9. The monoisotopic (exact) mass is 349 g/mol. The molecule has 3 aromatic rings. The smallest absolute Gasteiger partial charge is 0.120 e. The van der Waals surface area contributed by atoms with E-state index in [1.165, 1.54) is 27.7 Å². The number of nitrogens with zero attached hydrogens (tertiary/aromatic N) is 3. The van der Waals surface area contributed by atoms with Gasteiger partial charge in [0.1, 0.15) is 5.75 Å². The number of rotatable bonds is 5. The predicted octanol–water partition coefficient (Wildman–Crippen LogP) is 4.23. The lowest BCUT2D eigenvalue weighted by molar-refractivity contribution is 0.245. The molecule has 26 heavy (non-hydrogen) atoms. The maximum atomic E-state index is 5.78. The Kier molecular flexibility index (Phi) is 4.68. The maximum absolute atomic E-state index is 5.78. The van der Waals surface area contributed by atoms with Crippen molar-refractivity contribution >= 4 is 10.9 Å². The molecule has 0 saturated heterocycles. The number of aromatic nitrogens is 2. The summed E-state index contributed by atoms with van der Waals surface area (Å²) in [5.41, 5.74) is 5.63. The fourth-order valence-corrected chi connectivity index (χ4v) is 4.15. The Morgan fingerprint density at radius 1 is 1.19 bits per heavy atom. The van der Waals surface area contributed by atoms with E-state index in [0.29, 0.717) is 12.6 Å². The molecule has 0 radical (unpaired) electrons. The molecular weight excluding hydrogens is 322 g/mol. The number of pyridine rings is 1. The Morgan fingerprint density at radius 2 is 2.00 bits per heavy atom. The molecule has 1 aliphatic heterocycles. The Morgan fingerprint density at radius 3 is 2.77 bits per heavy atom. The first kappa shape index (κ1) is 17.1. The van der Waals surface area contributed by atoms with Gasteiger partial charge in [-0.3, -0.25) is 9.88 Å². The molecule has 0 fully saturated rings. The van der Waals surface area contributed by atoms with Crippen LogP contribution in [-0.4, -0.2) is 34.7 Å². The molecule has 0 saturated carbocycles. The average Bonchev–Trinajstić information content (AvgIpc) is 2.97. The summed E-state index contributed by atoms with van der Waals surface area (Å²) in [4.78, 5) is 6.58. The van der Waals surface area contributed by atoms with Crippen LogP contribution in [0.4, 0.5) is 0 Å². The van der Waals surface area contributed by atoms with E-state index in [9.17, 15) is 0 Å². The summed E-state index contributed by atoms with van der Waals surface area (Å²) < 4.78 is 8.31. The van der Waals surface area contributed by atoms with Crippen LogP contribution in [0.25, 0.3) is 10.9 Å². The van der Waals surface area contributed by atoms with E-state index < -0.39 is 0 Å². The number of hydrogen-bond acceptors (Lipinski definition) is 3. The second-order valence-electron chi connectivity index (χ2n) is 7.14. The highest BCUT2D eigenvalue weighted by Gasteiger charge is 2.28. The van der Waals surface area contributed by atoms with Crippen molar-refractivity contribution in [3.05, 3.63) is 59.5 Å². The first-order valence-electron chi connectivity index (χ1n) is 9.56. The topological polar surface area (TPSA) is 30.3 Å². The van der Waals surface area contributed by atoms with E-state index in [1.54, 1.807) is 0 Å². The quantitative estimate of drug-likeness (QED) is 0.691. The Labute approximate surface area is 155 Å². The van der Waals surface area contributed by atoms with Crippen molar-refractivity contribution in [2.45, 2.75) is 39.3 Å². The van der Waals surface area contributed by atoms with Gasteiger partial charge in [0.15, 0.2) is 0 Å². The minimum atomic E-state index is 0.431. The normalized spacial score (nSPS) is 17.4. The van der Waals surface area contributed by atoms with Crippen molar-refractivity contribution in [2.24, 2.45) is 0 Å². The Bertz CT molecular complexity index is 901. The lowest BCUT2D eigenvalue weighted by Crippen LogP contribution is -2.31. The third kappa shape index (κ3) is 2.99. The van der Waals surface area contributed by atoms with Gasteiger partial charge in [0.25, 0.3) is 0 Å². The third-order valence-corrected chi connectivity index (χ3v) is 5.65. The van der Waals surface area contributed by atoms with E-state index in [1.807, 2.05) is 19.3 Å². The first-order chi connectivity index (χ1) is 12.7. The molecule has 0 amide bonds. The van der Waals surface area contributed by atoms with Gasteiger partial charge in [0, 0.05) is 54.5 Å². The van der Waals surface area contributed by atoms with Crippen LogP contribution in [-0.2, 0) is 19.4 Å². The zero-order valence-corrected chi connectivity index (χ0v) is 15.9. The number of aryl methyl sites for hydroxylation is 2. The summed E-state index contributed by atoms with van der Waals surface area (Å²) in [5, 5.41) is 1.35. The van der Waals surface area contributed by atoms with Gasteiger partial charge in [-0.05, 0) is 68.8 Å². The zero-order chi connectivity index (χ0) is 18.1. The minimum Gasteiger partial charge on any atom is -0.494 e. The third-order valence-electron chi connectivity index (χ3n) is 5.65. The van der Waals surface area contributed by atoms with Gasteiger partial charge in [-0.15, -0.1) is 0 Å². The number of benzene rings is 1. The molecule has 4 heteroatoms. The van der Waals surface area contributed by atoms with E-state index in [2.05, 4.69) is 58.8 Å². The van der Waals surface area contributed by atoms with Gasteiger partial charge >= 0.3 is 0 Å². The maximum Gasteiger partial charge on any atom is 0.120 e. The molecule has 1 atom stereocenters. The van der Waals surface area contributed by atoms with E-state index >= 15 is 0 Å². The Hall–Kier alpha value is -2.33. The van der Waals surface area contributed by atoms with Gasteiger partial charge in [0.2, 0.25) is 0 Å². The van der Waals surface area contributed by atoms with Gasteiger partial charge in [0.05, 0.1) is 6.61 Å². The van der Waals surface area contributed by atoms with E-state index in [4.69, 9.17) is 4.74 Å². The number of ether oxygens (including phenoxy) is 1. The van der Waals surface area contributed by atoms with Crippen molar-refractivity contribution in [2.75, 3.05) is 20.2 Å². The molecule has 0 spiro atoms. The van der Waals surface area contributed by atoms with Crippen molar-refractivity contribution in [1.82, 2.24) is 14.5 Å². The summed E-state index contributed by atoms with van der Waals surface area (Å²) in [7, 11) is 2.22. The van der Waals surface area contributed by atoms with Crippen molar-refractivity contribution in [3.63, 3.8) is 0 Å². The lowest BCUT2D eigenvalue weighted by atomic mass is 9.97. The largest absolute Gasteiger partial charge is 0.494 e. The fourth-order valence-electron chi connectivity index (χ4n) is 4.15. The summed E-state index contributed by atoms with van der Waals surface area (Å²) in [5.74, 6) is 0.967. The second kappa shape index (κ2) is 7.12.